The first-order chi connectivity index (χ1) is 7.75. The summed E-state index contributed by atoms with van der Waals surface area (Å²) in [4.78, 5) is 0. The van der Waals surface area contributed by atoms with Crippen LogP contribution in [-0.4, -0.2) is 19.8 Å². The molecule has 0 aromatic heterocycles. The normalized spacial score (nSPS) is 12.4. The van der Waals surface area contributed by atoms with Crippen molar-refractivity contribution in [3.63, 3.8) is 0 Å². The summed E-state index contributed by atoms with van der Waals surface area (Å²) >= 11 is 6.10. The van der Waals surface area contributed by atoms with E-state index in [0.717, 1.165) is 37.4 Å². The lowest BCUT2D eigenvalue weighted by molar-refractivity contribution is 0.144. The van der Waals surface area contributed by atoms with Crippen LogP contribution in [0.1, 0.15) is 31.2 Å². The molecule has 1 aromatic rings. The third-order valence-corrected chi connectivity index (χ3v) is 2.53. The molecular weight excluding hydrogens is 222 g/mol. The van der Waals surface area contributed by atoms with Crippen LogP contribution in [0.15, 0.2) is 24.3 Å². The van der Waals surface area contributed by atoms with Gasteiger partial charge in [0.1, 0.15) is 0 Å². The van der Waals surface area contributed by atoms with Crippen molar-refractivity contribution < 1.29 is 4.74 Å². The molecule has 0 aliphatic carbocycles. The fourth-order valence-electron chi connectivity index (χ4n) is 1.51. The van der Waals surface area contributed by atoms with Gasteiger partial charge in [-0.2, -0.15) is 0 Å². The highest BCUT2D eigenvalue weighted by Gasteiger charge is 2.05. The number of rotatable bonds is 7. The van der Waals surface area contributed by atoms with Crippen molar-refractivity contribution in [1.82, 2.24) is 0 Å². The zero-order valence-electron chi connectivity index (χ0n) is 10.0. The molecule has 90 valence electrons. The van der Waals surface area contributed by atoms with E-state index >= 15 is 0 Å². The highest BCUT2D eigenvalue weighted by Crippen LogP contribution is 2.26. The molecule has 2 nitrogen and oxygen atoms in total. The van der Waals surface area contributed by atoms with Gasteiger partial charge < -0.3 is 10.1 Å². The van der Waals surface area contributed by atoms with Gasteiger partial charge in [-0.25, -0.2) is 0 Å². The minimum absolute atomic E-state index is 0.0280. The van der Waals surface area contributed by atoms with E-state index in [-0.39, 0.29) is 5.38 Å². The van der Waals surface area contributed by atoms with Gasteiger partial charge in [0.05, 0.1) is 12.0 Å². The molecule has 1 unspecified atom stereocenters. The van der Waals surface area contributed by atoms with Crippen LogP contribution in [0.5, 0.6) is 0 Å². The highest BCUT2D eigenvalue weighted by molar-refractivity contribution is 6.21. The third kappa shape index (κ3) is 4.42. The smallest absolute Gasteiger partial charge is 0.0639 e. The number of hydrogen-bond donors (Lipinski definition) is 1. The first kappa shape index (κ1) is 13.3. The van der Waals surface area contributed by atoms with Crippen LogP contribution in [0.4, 0.5) is 5.69 Å². The Kier molecular flexibility index (Phi) is 6.27. The van der Waals surface area contributed by atoms with Crippen LogP contribution in [0, 0.1) is 0 Å². The summed E-state index contributed by atoms with van der Waals surface area (Å²) in [5.74, 6) is 0. The molecule has 3 heteroatoms. The van der Waals surface area contributed by atoms with Gasteiger partial charge in [-0.05, 0) is 25.0 Å². The van der Waals surface area contributed by atoms with E-state index in [2.05, 4.69) is 12.2 Å². The van der Waals surface area contributed by atoms with Gasteiger partial charge >= 0.3 is 0 Å². The van der Waals surface area contributed by atoms with Gasteiger partial charge in [-0.1, -0.05) is 25.1 Å². The van der Waals surface area contributed by atoms with Crippen LogP contribution in [0.2, 0.25) is 0 Å². The Labute approximate surface area is 103 Å². The van der Waals surface area contributed by atoms with Crippen molar-refractivity contribution >= 4 is 17.3 Å². The molecule has 0 fully saturated rings. The van der Waals surface area contributed by atoms with E-state index in [1.807, 2.05) is 31.2 Å². The van der Waals surface area contributed by atoms with Crippen molar-refractivity contribution in [1.29, 1.82) is 0 Å². The summed E-state index contributed by atoms with van der Waals surface area (Å²) in [6, 6.07) is 8.12. The third-order valence-electron chi connectivity index (χ3n) is 2.30. The quantitative estimate of drug-likeness (QED) is 0.579. The van der Waals surface area contributed by atoms with E-state index in [4.69, 9.17) is 16.3 Å². The lowest BCUT2D eigenvalue weighted by Gasteiger charge is -2.13. The number of ether oxygens (including phenoxy) is 1. The molecule has 1 rings (SSSR count). The van der Waals surface area contributed by atoms with E-state index < -0.39 is 0 Å². The van der Waals surface area contributed by atoms with Gasteiger partial charge in [0.2, 0.25) is 0 Å². The van der Waals surface area contributed by atoms with Gasteiger partial charge in [0.15, 0.2) is 0 Å². The maximum absolute atomic E-state index is 6.10. The van der Waals surface area contributed by atoms with Crippen LogP contribution >= 0.6 is 11.6 Å². The van der Waals surface area contributed by atoms with Gasteiger partial charge in [-0.15, -0.1) is 11.6 Å². The predicted molar refractivity (Wildman–Crippen MR) is 70.3 cm³/mol. The Morgan fingerprint density at radius 1 is 1.31 bits per heavy atom. The lowest BCUT2D eigenvalue weighted by atomic mass is 10.1. The molecule has 1 aromatic carbocycles. The first-order valence-corrected chi connectivity index (χ1v) is 6.24. The molecular formula is C13H20ClNO. The number of hydrogen-bond acceptors (Lipinski definition) is 2. The molecule has 0 amide bonds. The van der Waals surface area contributed by atoms with Crippen LogP contribution in [-0.2, 0) is 4.74 Å². The molecule has 0 bridgehead atoms. The van der Waals surface area contributed by atoms with Crippen LogP contribution < -0.4 is 5.32 Å². The number of benzene rings is 1. The number of para-hydroxylation sites is 1. The Bertz CT molecular complexity index is 302. The number of nitrogens with one attached hydrogen (secondary N) is 1. The summed E-state index contributed by atoms with van der Waals surface area (Å²) in [6.45, 7) is 6.47. The number of anilines is 1. The molecule has 1 atom stereocenters. The molecule has 0 spiro atoms. The summed E-state index contributed by atoms with van der Waals surface area (Å²) in [5, 5.41) is 3.37. The molecule has 0 radical (unpaired) electrons. The average molecular weight is 242 g/mol. The number of alkyl halides is 1. The fourth-order valence-corrected chi connectivity index (χ4v) is 1.70. The van der Waals surface area contributed by atoms with Crippen molar-refractivity contribution in [2.24, 2.45) is 0 Å². The fraction of sp³-hybridized carbons (Fsp3) is 0.538. The molecule has 0 aliphatic heterocycles. The standard InChI is InChI=1S/C13H20ClNO/c1-3-9-16-10-8-15-13-7-5-4-6-12(13)11(2)14/h4-7,11,15H,3,8-10H2,1-2H3. The van der Waals surface area contributed by atoms with Crippen molar-refractivity contribution in [3.8, 4) is 0 Å². The van der Waals surface area contributed by atoms with Crippen LogP contribution in [0.25, 0.3) is 0 Å². The molecule has 0 aliphatic rings. The molecule has 0 heterocycles. The monoisotopic (exact) mass is 241 g/mol. The predicted octanol–water partition coefficient (Wildman–Crippen LogP) is 3.82. The summed E-state index contributed by atoms with van der Waals surface area (Å²) in [6.07, 6.45) is 1.06. The maximum Gasteiger partial charge on any atom is 0.0639 e. The first-order valence-electron chi connectivity index (χ1n) is 5.80. The van der Waals surface area contributed by atoms with Crippen molar-refractivity contribution in [2.75, 3.05) is 25.1 Å². The SMILES string of the molecule is CCCOCCNc1ccccc1C(C)Cl. The second-order valence-electron chi connectivity index (χ2n) is 3.74. The van der Waals surface area contributed by atoms with Gasteiger partial charge in [-0.3, -0.25) is 0 Å². The summed E-state index contributed by atoms with van der Waals surface area (Å²) < 4.78 is 5.41. The Hall–Kier alpha value is -0.730. The summed E-state index contributed by atoms with van der Waals surface area (Å²) in [5.41, 5.74) is 2.24. The highest BCUT2D eigenvalue weighted by atomic mass is 35.5. The topological polar surface area (TPSA) is 21.3 Å². The molecule has 1 N–H and O–H groups in total. The van der Waals surface area contributed by atoms with Crippen LogP contribution in [0.3, 0.4) is 0 Å². The Balaban J connectivity index is 2.41. The second-order valence-corrected chi connectivity index (χ2v) is 4.40. The molecule has 0 saturated heterocycles. The van der Waals surface area contributed by atoms with E-state index in [1.54, 1.807) is 0 Å². The maximum atomic E-state index is 6.10. The van der Waals surface area contributed by atoms with Crippen molar-refractivity contribution in [3.05, 3.63) is 29.8 Å². The zero-order chi connectivity index (χ0) is 11.8. The van der Waals surface area contributed by atoms with Crippen molar-refractivity contribution in [2.45, 2.75) is 25.6 Å². The second kappa shape index (κ2) is 7.53. The van der Waals surface area contributed by atoms with E-state index in [0.29, 0.717) is 0 Å². The van der Waals surface area contributed by atoms with Gasteiger partial charge in [0, 0.05) is 18.8 Å². The van der Waals surface area contributed by atoms with E-state index in [9.17, 15) is 0 Å². The number of halogens is 1. The Morgan fingerprint density at radius 3 is 2.75 bits per heavy atom. The Morgan fingerprint density at radius 2 is 2.06 bits per heavy atom. The molecule has 16 heavy (non-hydrogen) atoms. The molecule has 0 saturated carbocycles. The van der Waals surface area contributed by atoms with Gasteiger partial charge in [0.25, 0.3) is 0 Å². The minimum atomic E-state index is 0.0280. The lowest BCUT2D eigenvalue weighted by Crippen LogP contribution is -2.11. The minimum Gasteiger partial charge on any atom is -0.382 e. The van der Waals surface area contributed by atoms with E-state index in [1.165, 1.54) is 0 Å². The summed E-state index contributed by atoms with van der Waals surface area (Å²) in [7, 11) is 0. The zero-order valence-corrected chi connectivity index (χ0v) is 10.8. The average Bonchev–Trinajstić information content (AvgIpc) is 2.29. The largest absolute Gasteiger partial charge is 0.382 e.